The maximum absolute atomic E-state index is 12.4. The molecule has 0 radical (unpaired) electrons. The van der Waals surface area contributed by atoms with Crippen molar-refractivity contribution in [2.45, 2.75) is 26.3 Å². The van der Waals surface area contributed by atoms with Gasteiger partial charge in [0, 0.05) is 37.9 Å². The van der Waals surface area contributed by atoms with E-state index in [9.17, 15) is 4.79 Å². The number of carbonyl (C=O) groups is 1. The monoisotopic (exact) mass is 389 g/mol. The van der Waals surface area contributed by atoms with Gasteiger partial charge >= 0.3 is 0 Å². The molecule has 1 amide bonds. The molecule has 7 heteroatoms. The number of halogens is 2. The standard InChI is InChI=1S/C18H29Cl2N3O2/c1-4-22(5-2)18(24)15(21)12-14-6-7-17(25-3)16(13-14)23(10-8-19)11-9-20/h6-7,13,15H,4-5,8-12,21H2,1-3H3/t15-/m0/s1. The Hall–Kier alpha value is -1.17. The van der Waals surface area contributed by atoms with Crippen molar-refractivity contribution in [2.75, 3.05) is 49.9 Å². The number of nitrogens with zero attached hydrogens (tertiary/aromatic N) is 2. The van der Waals surface area contributed by atoms with Gasteiger partial charge in [-0.3, -0.25) is 4.79 Å². The van der Waals surface area contributed by atoms with Gasteiger partial charge in [0.1, 0.15) is 5.75 Å². The average molecular weight is 390 g/mol. The zero-order valence-corrected chi connectivity index (χ0v) is 16.8. The predicted octanol–water partition coefficient (Wildman–Crippen LogP) is 2.72. The summed E-state index contributed by atoms with van der Waals surface area (Å²) in [6.07, 6.45) is 0.474. The van der Waals surface area contributed by atoms with E-state index < -0.39 is 6.04 Å². The van der Waals surface area contributed by atoms with Crippen LogP contribution in [0, 0.1) is 0 Å². The van der Waals surface area contributed by atoms with E-state index in [4.69, 9.17) is 33.7 Å². The molecule has 0 unspecified atom stereocenters. The van der Waals surface area contributed by atoms with Crippen LogP contribution in [-0.2, 0) is 11.2 Å². The molecule has 0 fully saturated rings. The molecule has 1 atom stereocenters. The Labute approximate surface area is 161 Å². The number of hydrogen-bond donors (Lipinski definition) is 1. The van der Waals surface area contributed by atoms with Crippen molar-refractivity contribution < 1.29 is 9.53 Å². The lowest BCUT2D eigenvalue weighted by Crippen LogP contribution is -2.44. The van der Waals surface area contributed by atoms with E-state index in [2.05, 4.69) is 4.90 Å². The van der Waals surface area contributed by atoms with Crippen molar-refractivity contribution in [2.24, 2.45) is 5.73 Å². The number of methoxy groups -OCH3 is 1. The number of alkyl halides is 2. The first kappa shape index (κ1) is 21.9. The first-order valence-corrected chi connectivity index (χ1v) is 9.67. The van der Waals surface area contributed by atoms with Crippen LogP contribution in [0.15, 0.2) is 18.2 Å². The van der Waals surface area contributed by atoms with Crippen molar-refractivity contribution in [3.05, 3.63) is 23.8 Å². The molecule has 0 bridgehead atoms. The van der Waals surface area contributed by atoms with Gasteiger partial charge in [0.05, 0.1) is 18.8 Å². The van der Waals surface area contributed by atoms with Crippen LogP contribution in [0.25, 0.3) is 0 Å². The third-order valence-corrected chi connectivity index (χ3v) is 4.48. The lowest BCUT2D eigenvalue weighted by Gasteiger charge is -2.26. The maximum Gasteiger partial charge on any atom is 0.239 e. The molecule has 25 heavy (non-hydrogen) atoms. The minimum absolute atomic E-state index is 0.0271. The highest BCUT2D eigenvalue weighted by atomic mass is 35.5. The SMILES string of the molecule is CCN(CC)C(=O)[C@@H](N)Cc1ccc(OC)c(N(CCCl)CCCl)c1. The van der Waals surface area contributed by atoms with Crippen molar-refractivity contribution in [1.82, 2.24) is 4.90 Å². The Morgan fingerprint density at radius 2 is 1.80 bits per heavy atom. The summed E-state index contributed by atoms with van der Waals surface area (Å²) >= 11 is 11.8. The van der Waals surface area contributed by atoms with E-state index in [1.807, 2.05) is 32.0 Å². The number of nitrogens with two attached hydrogens (primary N) is 1. The van der Waals surface area contributed by atoms with Gasteiger partial charge < -0.3 is 20.3 Å². The summed E-state index contributed by atoms with van der Waals surface area (Å²) in [5, 5.41) is 0. The molecule has 0 saturated heterocycles. The summed E-state index contributed by atoms with van der Waals surface area (Å²) in [7, 11) is 1.63. The summed E-state index contributed by atoms with van der Waals surface area (Å²) in [5.74, 6) is 1.71. The van der Waals surface area contributed by atoms with Crippen LogP contribution >= 0.6 is 23.2 Å². The van der Waals surface area contributed by atoms with Gasteiger partial charge in [0.15, 0.2) is 0 Å². The van der Waals surface area contributed by atoms with E-state index in [0.717, 1.165) is 17.0 Å². The van der Waals surface area contributed by atoms with Gasteiger partial charge in [-0.05, 0) is 38.0 Å². The van der Waals surface area contributed by atoms with Gasteiger partial charge in [-0.1, -0.05) is 6.07 Å². The van der Waals surface area contributed by atoms with Crippen LogP contribution in [0.3, 0.4) is 0 Å². The summed E-state index contributed by atoms with van der Waals surface area (Å²) in [5.41, 5.74) is 8.04. The quantitative estimate of drug-likeness (QED) is 0.591. The molecule has 0 spiro atoms. The molecule has 1 rings (SSSR count). The van der Waals surface area contributed by atoms with Crippen LogP contribution in [0.4, 0.5) is 5.69 Å². The highest BCUT2D eigenvalue weighted by molar-refractivity contribution is 6.18. The van der Waals surface area contributed by atoms with Crippen LogP contribution in [0.1, 0.15) is 19.4 Å². The van der Waals surface area contributed by atoms with Gasteiger partial charge in [-0.2, -0.15) is 0 Å². The number of ether oxygens (including phenoxy) is 1. The molecular weight excluding hydrogens is 361 g/mol. The molecule has 0 aliphatic carbocycles. The van der Waals surface area contributed by atoms with E-state index in [1.165, 1.54) is 0 Å². The molecule has 142 valence electrons. The fourth-order valence-electron chi connectivity index (χ4n) is 2.78. The second-order valence-corrected chi connectivity index (χ2v) is 6.45. The average Bonchev–Trinajstić information content (AvgIpc) is 2.62. The number of likely N-dealkylation sites (N-methyl/N-ethyl adjacent to an activating group) is 1. The molecule has 5 nitrogen and oxygen atoms in total. The Kier molecular flexibility index (Phi) is 10.0. The molecule has 0 aliphatic heterocycles. The van der Waals surface area contributed by atoms with Crippen LogP contribution in [0.2, 0.25) is 0 Å². The van der Waals surface area contributed by atoms with Crippen molar-refractivity contribution in [1.29, 1.82) is 0 Å². The third kappa shape index (κ3) is 6.24. The number of carbonyl (C=O) groups excluding carboxylic acids is 1. The minimum Gasteiger partial charge on any atom is -0.495 e. The first-order valence-electron chi connectivity index (χ1n) is 8.60. The molecular formula is C18H29Cl2N3O2. The van der Waals surface area contributed by atoms with Gasteiger partial charge in [-0.15, -0.1) is 23.2 Å². The zero-order chi connectivity index (χ0) is 18.8. The van der Waals surface area contributed by atoms with E-state index in [-0.39, 0.29) is 5.91 Å². The fourth-order valence-corrected chi connectivity index (χ4v) is 3.19. The summed E-state index contributed by atoms with van der Waals surface area (Å²) in [6, 6.07) is 5.29. The smallest absolute Gasteiger partial charge is 0.239 e. The van der Waals surface area contributed by atoms with Crippen molar-refractivity contribution in [3.8, 4) is 5.75 Å². The second-order valence-electron chi connectivity index (χ2n) is 5.69. The first-order chi connectivity index (χ1) is 12.0. The van der Waals surface area contributed by atoms with Crippen LogP contribution in [-0.4, -0.2) is 61.9 Å². The molecule has 0 saturated carbocycles. The summed E-state index contributed by atoms with van der Waals surface area (Å²) in [6.45, 7) is 6.56. The summed E-state index contributed by atoms with van der Waals surface area (Å²) < 4.78 is 5.47. The molecule has 0 aliphatic rings. The highest BCUT2D eigenvalue weighted by Crippen LogP contribution is 2.30. The normalized spacial score (nSPS) is 11.9. The lowest BCUT2D eigenvalue weighted by molar-refractivity contribution is -0.132. The summed E-state index contributed by atoms with van der Waals surface area (Å²) in [4.78, 5) is 16.2. The van der Waals surface area contributed by atoms with Gasteiger partial charge in [0.25, 0.3) is 0 Å². The molecule has 1 aromatic carbocycles. The van der Waals surface area contributed by atoms with E-state index in [0.29, 0.717) is 44.4 Å². The molecule has 1 aromatic rings. The molecule has 0 aromatic heterocycles. The minimum atomic E-state index is -0.560. The predicted molar refractivity (Wildman–Crippen MR) is 106 cm³/mol. The van der Waals surface area contributed by atoms with Gasteiger partial charge in [-0.25, -0.2) is 0 Å². The third-order valence-electron chi connectivity index (χ3n) is 4.14. The zero-order valence-electron chi connectivity index (χ0n) is 15.3. The van der Waals surface area contributed by atoms with Gasteiger partial charge in [0.2, 0.25) is 5.91 Å². The number of amides is 1. The second kappa shape index (κ2) is 11.4. The number of hydrogen-bond acceptors (Lipinski definition) is 4. The maximum atomic E-state index is 12.4. The fraction of sp³-hybridized carbons (Fsp3) is 0.611. The van der Waals surface area contributed by atoms with Crippen molar-refractivity contribution in [3.63, 3.8) is 0 Å². The van der Waals surface area contributed by atoms with Crippen molar-refractivity contribution >= 4 is 34.8 Å². The Morgan fingerprint density at radius 1 is 1.20 bits per heavy atom. The lowest BCUT2D eigenvalue weighted by atomic mass is 10.0. The molecule has 2 N–H and O–H groups in total. The van der Waals surface area contributed by atoms with E-state index in [1.54, 1.807) is 12.0 Å². The topological polar surface area (TPSA) is 58.8 Å². The molecule has 0 heterocycles. The Balaban J connectivity index is 3.01. The Bertz CT molecular complexity index is 533. The van der Waals surface area contributed by atoms with Crippen LogP contribution < -0.4 is 15.4 Å². The highest BCUT2D eigenvalue weighted by Gasteiger charge is 2.20. The number of benzene rings is 1. The number of anilines is 1. The Morgan fingerprint density at radius 3 is 2.28 bits per heavy atom. The largest absolute Gasteiger partial charge is 0.495 e. The number of rotatable bonds is 11. The van der Waals surface area contributed by atoms with Crippen LogP contribution in [0.5, 0.6) is 5.75 Å². The van der Waals surface area contributed by atoms with E-state index >= 15 is 0 Å².